The maximum absolute atomic E-state index is 13.3. The van der Waals surface area contributed by atoms with Crippen LogP contribution in [0.15, 0.2) is 30.3 Å². The van der Waals surface area contributed by atoms with Gasteiger partial charge in [-0.1, -0.05) is 38.1 Å². The number of carbonyl (C=O) groups is 2. The van der Waals surface area contributed by atoms with E-state index < -0.39 is 5.95 Å². The zero-order chi connectivity index (χ0) is 20.1. The fourth-order valence-electron chi connectivity index (χ4n) is 4.62. The molecule has 1 unspecified atom stereocenters. The van der Waals surface area contributed by atoms with E-state index in [1.807, 2.05) is 24.0 Å². The van der Waals surface area contributed by atoms with E-state index in [1.54, 1.807) is 4.90 Å². The molecule has 4 rings (SSSR count). The fourth-order valence-corrected chi connectivity index (χ4v) is 4.62. The average molecular weight is 384 g/mol. The van der Waals surface area contributed by atoms with Crippen molar-refractivity contribution in [1.29, 1.82) is 0 Å². The molecule has 7 heteroatoms. The Balaban J connectivity index is 1.46. The second kappa shape index (κ2) is 6.72. The Morgan fingerprint density at radius 2 is 2.00 bits per heavy atom. The highest BCUT2D eigenvalue weighted by atomic mass is 19.1. The summed E-state index contributed by atoms with van der Waals surface area (Å²) < 4.78 is 13.1. The van der Waals surface area contributed by atoms with Crippen LogP contribution in [0.5, 0.6) is 0 Å². The molecular formula is C21H25FN4O2. The molecule has 1 N–H and O–H groups in total. The van der Waals surface area contributed by atoms with E-state index in [0.29, 0.717) is 19.6 Å². The van der Waals surface area contributed by atoms with E-state index in [4.69, 9.17) is 0 Å². The highest BCUT2D eigenvalue weighted by Crippen LogP contribution is 2.43. The van der Waals surface area contributed by atoms with Gasteiger partial charge in [-0.3, -0.25) is 14.7 Å². The van der Waals surface area contributed by atoms with Crippen molar-refractivity contribution < 1.29 is 14.0 Å². The van der Waals surface area contributed by atoms with Crippen molar-refractivity contribution in [3.63, 3.8) is 0 Å². The quantitative estimate of drug-likeness (QED) is 0.864. The summed E-state index contributed by atoms with van der Waals surface area (Å²) in [4.78, 5) is 29.5. The highest BCUT2D eigenvalue weighted by Gasteiger charge is 2.45. The second-order valence-corrected chi connectivity index (χ2v) is 8.37. The molecule has 2 aromatic rings. The van der Waals surface area contributed by atoms with E-state index >= 15 is 0 Å². The molecule has 2 atom stereocenters. The Morgan fingerprint density at radius 1 is 1.25 bits per heavy atom. The summed E-state index contributed by atoms with van der Waals surface area (Å²) in [6.07, 6.45) is 0.752. The van der Waals surface area contributed by atoms with Crippen LogP contribution >= 0.6 is 0 Å². The topological polar surface area (TPSA) is 69.3 Å². The molecule has 1 aromatic carbocycles. The third kappa shape index (κ3) is 2.99. The van der Waals surface area contributed by atoms with Crippen molar-refractivity contribution in [2.24, 2.45) is 5.92 Å². The van der Waals surface area contributed by atoms with Crippen molar-refractivity contribution in [2.75, 3.05) is 19.6 Å². The molecule has 2 heterocycles. The van der Waals surface area contributed by atoms with E-state index in [2.05, 4.69) is 36.2 Å². The van der Waals surface area contributed by atoms with Gasteiger partial charge in [0.15, 0.2) is 5.69 Å². The molecule has 0 saturated carbocycles. The number of aromatic amines is 1. The number of nitrogens with one attached hydrogen (secondary N) is 1. The van der Waals surface area contributed by atoms with Crippen LogP contribution in [0, 0.1) is 11.9 Å². The lowest BCUT2D eigenvalue weighted by Crippen LogP contribution is -2.57. The Labute approximate surface area is 163 Å². The van der Waals surface area contributed by atoms with Gasteiger partial charge in [0.2, 0.25) is 11.9 Å². The lowest BCUT2D eigenvalue weighted by molar-refractivity contribution is -0.139. The van der Waals surface area contributed by atoms with Crippen molar-refractivity contribution in [3.8, 4) is 0 Å². The number of rotatable bonds is 2. The van der Waals surface area contributed by atoms with Crippen LogP contribution in [0.4, 0.5) is 4.39 Å². The first-order valence-corrected chi connectivity index (χ1v) is 9.68. The predicted octanol–water partition coefficient (Wildman–Crippen LogP) is 2.37. The van der Waals surface area contributed by atoms with Gasteiger partial charge in [0.1, 0.15) is 0 Å². The summed E-state index contributed by atoms with van der Waals surface area (Å²) in [5.74, 6) is -0.896. The number of H-pyrrole nitrogens is 1. The fraction of sp³-hybridized carbons (Fsp3) is 0.476. The minimum atomic E-state index is -0.632. The van der Waals surface area contributed by atoms with E-state index in [1.165, 1.54) is 11.1 Å². The molecule has 6 nitrogen and oxygen atoms in total. The lowest BCUT2D eigenvalue weighted by Gasteiger charge is -2.42. The summed E-state index contributed by atoms with van der Waals surface area (Å²) in [7, 11) is 0. The Bertz CT molecular complexity index is 923. The number of hydrogen-bond donors (Lipinski definition) is 1. The number of benzene rings is 1. The molecule has 148 valence electrons. The number of amides is 2. The number of fused-ring (bicyclic) bond motifs is 1. The second-order valence-electron chi connectivity index (χ2n) is 8.37. The Hall–Kier alpha value is -2.70. The number of hydrogen-bond acceptors (Lipinski definition) is 3. The van der Waals surface area contributed by atoms with Crippen LogP contribution in [0.1, 0.15) is 42.4 Å². The maximum Gasteiger partial charge on any atom is 0.274 e. The molecule has 28 heavy (non-hydrogen) atoms. The summed E-state index contributed by atoms with van der Waals surface area (Å²) in [5.41, 5.74) is 2.34. The van der Waals surface area contributed by atoms with Crippen LogP contribution in [0.25, 0.3) is 0 Å². The summed E-state index contributed by atoms with van der Waals surface area (Å²) in [6.45, 7) is 7.55. The molecule has 0 radical (unpaired) electrons. The van der Waals surface area contributed by atoms with E-state index in [-0.39, 0.29) is 34.9 Å². The average Bonchev–Trinajstić information content (AvgIpc) is 3.22. The monoisotopic (exact) mass is 384 g/mol. The van der Waals surface area contributed by atoms with Gasteiger partial charge in [0.25, 0.3) is 5.91 Å². The van der Waals surface area contributed by atoms with Gasteiger partial charge in [-0.2, -0.15) is 9.49 Å². The normalized spacial score (nSPS) is 23.6. The molecular weight excluding hydrogens is 359 g/mol. The van der Waals surface area contributed by atoms with Crippen LogP contribution in [0.2, 0.25) is 0 Å². The van der Waals surface area contributed by atoms with Gasteiger partial charge >= 0.3 is 0 Å². The zero-order valence-electron chi connectivity index (χ0n) is 16.4. The Kier molecular flexibility index (Phi) is 4.48. The molecule has 2 aliphatic rings. The molecule has 1 aromatic heterocycles. The number of halogens is 1. The predicted molar refractivity (Wildman–Crippen MR) is 102 cm³/mol. The van der Waals surface area contributed by atoms with Crippen LogP contribution in [0.3, 0.4) is 0 Å². The SMILES string of the molecule is C[C@@H]1CN(C(=O)C2Cc3ccccc3C2(C)C)CCN1C(=O)c1cc(F)[nH]n1. The van der Waals surface area contributed by atoms with E-state index in [9.17, 15) is 14.0 Å². The first-order chi connectivity index (χ1) is 13.3. The first kappa shape index (κ1) is 18.7. The maximum atomic E-state index is 13.3. The molecule has 2 amide bonds. The summed E-state index contributed by atoms with van der Waals surface area (Å²) in [5, 5.41) is 5.87. The van der Waals surface area contributed by atoms with Crippen molar-refractivity contribution in [2.45, 2.75) is 38.6 Å². The van der Waals surface area contributed by atoms with Gasteiger partial charge in [-0.25, -0.2) is 0 Å². The van der Waals surface area contributed by atoms with Crippen LogP contribution in [-0.4, -0.2) is 57.5 Å². The minimum absolute atomic E-state index is 0.0662. The van der Waals surface area contributed by atoms with Gasteiger partial charge in [-0.05, 0) is 24.5 Å². The number of carbonyl (C=O) groups excluding carboxylic acids is 2. The van der Waals surface area contributed by atoms with Crippen molar-refractivity contribution >= 4 is 11.8 Å². The van der Waals surface area contributed by atoms with Crippen LogP contribution in [-0.2, 0) is 16.6 Å². The van der Waals surface area contributed by atoms with E-state index in [0.717, 1.165) is 12.5 Å². The molecule has 0 spiro atoms. The molecule has 1 fully saturated rings. The molecule has 1 saturated heterocycles. The van der Waals surface area contributed by atoms with Gasteiger partial charge < -0.3 is 9.80 Å². The number of nitrogens with zero attached hydrogens (tertiary/aromatic N) is 3. The third-order valence-corrected chi connectivity index (χ3v) is 6.27. The first-order valence-electron chi connectivity index (χ1n) is 9.68. The zero-order valence-corrected chi connectivity index (χ0v) is 16.4. The standard InChI is InChI=1S/C21H25FN4O2/c1-13-12-25(8-9-26(13)20(28)17-11-18(22)24-23-17)19(27)16-10-14-6-4-5-7-15(14)21(16,2)3/h4-7,11,13,16H,8-10,12H2,1-3H3,(H,23,24)/t13-,16?/m1/s1. The third-order valence-electron chi connectivity index (χ3n) is 6.27. The number of aromatic nitrogens is 2. The van der Waals surface area contributed by atoms with Gasteiger partial charge in [0.05, 0.1) is 5.92 Å². The molecule has 0 bridgehead atoms. The van der Waals surface area contributed by atoms with Crippen molar-refractivity contribution in [1.82, 2.24) is 20.0 Å². The highest BCUT2D eigenvalue weighted by molar-refractivity contribution is 5.92. The van der Waals surface area contributed by atoms with Gasteiger partial charge in [-0.15, -0.1) is 0 Å². The minimum Gasteiger partial charge on any atom is -0.339 e. The van der Waals surface area contributed by atoms with Gasteiger partial charge in [0, 0.05) is 37.2 Å². The molecule has 1 aliphatic heterocycles. The smallest absolute Gasteiger partial charge is 0.274 e. The lowest BCUT2D eigenvalue weighted by atomic mass is 9.77. The summed E-state index contributed by atoms with van der Waals surface area (Å²) >= 11 is 0. The largest absolute Gasteiger partial charge is 0.339 e. The molecule has 1 aliphatic carbocycles. The number of piperazine rings is 1. The van der Waals surface area contributed by atoms with Crippen molar-refractivity contribution in [3.05, 3.63) is 53.1 Å². The summed E-state index contributed by atoms with van der Waals surface area (Å²) in [6, 6.07) is 9.21. The Morgan fingerprint density at radius 3 is 2.64 bits per heavy atom. The van der Waals surface area contributed by atoms with Crippen LogP contribution < -0.4 is 0 Å².